The van der Waals surface area contributed by atoms with Gasteiger partial charge in [-0.2, -0.15) is 8.78 Å². The highest BCUT2D eigenvalue weighted by molar-refractivity contribution is 7.99. The standard InChI is InChI=1S/C17H12F2N2O2S/c18-17(19)24-12-6-3-5-11(9-12)20-16(23)14-8-10-4-1-2-7-13(10)15(22)21-14/h1-9,17H,(H,20,23)(H,21,22). The van der Waals surface area contributed by atoms with E-state index in [1.54, 1.807) is 42.5 Å². The van der Waals surface area contributed by atoms with Crippen molar-refractivity contribution < 1.29 is 13.6 Å². The summed E-state index contributed by atoms with van der Waals surface area (Å²) in [6.45, 7) is 0. The second-order valence-electron chi connectivity index (χ2n) is 4.96. The summed E-state index contributed by atoms with van der Waals surface area (Å²) in [7, 11) is 0. The number of thioether (sulfide) groups is 1. The fourth-order valence-electron chi connectivity index (χ4n) is 2.28. The van der Waals surface area contributed by atoms with Crippen molar-refractivity contribution >= 4 is 34.1 Å². The van der Waals surface area contributed by atoms with Crippen molar-refractivity contribution in [3.05, 3.63) is 70.6 Å². The predicted molar refractivity (Wildman–Crippen MR) is 90.8 cm³/mol. The fraction of sp³-hybridized carbons (Fsp3) is 0.0588. The molecule has 0 aliphatic rings. The van der Waals surface area contributed by atoms with Gasteiger partial charge in [0.2, 0.25) is 0 Å². The lowest BCUT2D eigenvalue weighted by Gasteiger charge is -2.08. The average molecular weight is 346 g/mol. The highest BCUT2D eigenvalue weighted by Crippen LogP contribution is 2.27. The molecule has 0 unspecified atom stereocenters. The fourth-order valence-corrected chi connectivity index (χ4v) is 2.84. The Morgan fingerprint density at radius 3 is 2.67 bits per heavy atom. The minimum Gasteiger partial charge on any atom is -0.321 e. The van der Waals surface area contributed by atoms with Crippen LogP contribution in [0, 0.1) is 0 Å². The van der Waals surface area contributed by atoms with Crippen molar-refractivity contribution in [3.8, 4) is 0 Å². The number of nitrogens with one attached hydrogen (secondary N) is 2. The van der Waals surface area contributed by atoms with E-state index >= 15 is 0 Å². The molecule has 4 nitrogen and oxygen atoms in total. The Kier molecular flexibility index (Phi) is 4.61. The van der Waals surface area contributed by atoms with Gasteiger partial charge in [-0.1, -0.05) is 36.0 Å². The smallest absolute Gasteiger partial charge is 0.288 e. The molecule has 1 aromatic heterocycles. The Bertz CT molecular complexity index is 956. The molecule has 0 radical (unpaired) electrons. The summed E-state index contributed by atoms with van der Waals surface area (Å²) in [5.41, 5.74) is 0.116. The van der Waals surface area contributed by atoms with Crippen LogP contribution in [0.1, 0.15) is 10.5 Å². The van der Waals surface area contributed by atoms with E-state index in [-0.39, 0.29) is 11.3 Å². The molecular weight excluding hydrogens is 334 g/mol. The molecule has 0 saturated heterocycles. The first-order valence-electron chi connectivity index (χ1n) is 7.01. The zero-order chi connectivity index (χ0) is 17.1. The SMILES string of the molecule is O=C(Nc1cccc(SC(F)F)c1)c1cc2ccccc2c(=O)[nH]1. The predicted octanol–water partition coefficient (Wildman–Crippen LogP) is 4.10. The molecule has 0 aliphatic heterocycles. The number of carbonyl (C=O) groups is 1. The first-order valence-corrected chi connectivity index (χ1v) is 7.89. The number of carbonyl (C=O) groups excluding carboxylic acids is 1. The second-order valence-corrected chi connectivity index (χ2v) is 6.02. The van der Waals surface area contributed by atoms with E-state index in [0.717, 1.165) is 0 Å². The number of amides is 1. The Morgan fingerprint density at radius 2 is 1.88 bits per heavy atom. The van der Waals surface area contributed by atoms with Gasteiger partial charge in [0.05, 0.1) is 0 Å². The number of H-pyrrole nitrogens is 1. The number of hydrogen-bond donors (Lipinski definition) is 2. The van der Waals surface area contributed by atoms with Crippen molar-refractivity contribution in [3.63, 3.8) is 0 Å². The van der Waals surface area contributed by atoms with Gasteiger partial charge < -0.3 is 10.3 Å². The monoisotopic (exact) mass is 346 g/mol. The summed E-state index contributed by atoms with van der Waals surface area (Å²) in [6, 6.07) is 14.6. The number of hydrogen-bond acceptors (Lipinski definition) is 3. The lowest BCUT2D eigenvalue weighted by Crippen LogP contribution is -2.18. The number of benzene rings is 2. The van der Waals surface area contributed by atoms with Crippen LogP contribution in [0.4, 0.5) is 14.5 Å². The summed E-state index contributed by atoms with van der Waals surface area (Å²) >= 11 is 0.397. The lowest BCUT2D eigenvalue weighted by atomic mass is 10.1. The molecule has 24 heavy (non-hydrogen) atoms. The van der Waals surface area contributed by atoms with E-state index in [9.17, 15) is 18.4 Å². The van der Waals surface area contributed by atoms with Crippen LogP contribution < -0.4 is 10.9 Å². The zero-order valence-electron chi connectivity index (χ0n) is 12.3. The molecule has 122 valence electrons. The molecule has 0 fully saturated rings. The maximum atomic E-state index is 12.4. The second kappa shape index (κ2) is 6.84. The largest absolute Gasteiger partial charge is 0.321 e. The third kappa shape index (κ3) is 3.62. The molecule has 2 N–H and O–H groups in total. The molecule has 0 atom stereocenters. The maximum Gasteiger partial charge on any atom is 0.288 e. The third-order valence-corrected chi connectivity index (χ3v) is 4.02. The van der Waals surface area contributed by atoms with Gasteiger partial charge >= 0.3 is 0 Å². The molecule has 0 bridgehead atoms. The van der Waals surface area contributed by atoms with Crippen LogP contribution in [-0.2, 0) is 0 Å². The number of anilines is 1. The minimum atomic E-state index is -2.53. The number of aromatic amines is 1. The molecule has 2 aromatic carbocycles. The molecule has 3 rings (SSSR count). The van der Waals surface area contributed by atoms with Crippen molar-refractivity contribution in [2.24, 2.45) is 0 Å². The van der Waals surface area contributed by atoms with E-state index in [2.05, 4.69) is 10.3 Å². The molecule has 3 aromatic rings. The summed E-state index contributed by atoms with van der Waals surface area (Å²) in [5, 5.41) is 3.73. The van der Waals surface area contributed by atoms with Crippen LogP contribution in [0.15, 0.2) is 64.3 Å². The van der Waals surface area contributed by atoms with Crippen molar-refractivity contribution in [2.45, 2.75) is 10.7 Å². The molecule has 0 spiro atoms. The van der Waals surface area contributed by atoms with Crippen molar-refractivity contribution in [2.75, 3.05) is 5.32 Å². The van der Waals surface area contributed by atoms with Crippen LogP contribution >= 0.6 is 11.8 Å². The average Bonchev–Trinajstić information content (AvgIpc) is 2.54. The first kappa shape index (κ1) is 16.2. The number of alkyl halides is 2. The van der Waals surface area contributed by atoms with Crippen molar-refractivity contribution in [1.82, 2.24) is 4.98 Å². The van der Waals surface area contributed by atoms with Gasteiger partial charge in [0.15, 0.2) is 0 Å². The normalized spacial score (nSPS) is 11.0. The summed E-state index contributed by atoms with van der Waals surface area (Å²) in [4.78, 5) is 27.2. The van der Waals surface area contributed by atoms with Gasteiger partial charge in [0.25, 0.3) is 17.2 Å². The van der Waals surface area contributed by atoms with Crippen LogP contribution in [0.5, 0.6) is 0 Å². The lowest BCUT2D eigenvalue weighted by molar-refractivity contribution is 0.102. The topological polar surface area (TPSA) is 62.0 Å². The van der Waals surface area contributed by atoms with E-state index in [1.807, 2.05) is 0 Å². The Morgan fingerprint density at radius 1 is 1.08 bits per heavy atom. The minimum absolute atomic E-state index is 0.102. The van der Waals surface area contributed by atoms with Crippen LogP contribution in [0.25, 0.3) is 10.8 Å². The number of aromatic nitrogens is 1. The summed E-state index contributed by atoms with van der Waals surface area (Å²) in [6.07, 6.45) is 0. The number of rotatable bonds is 4. The number of fused-ring (bicyclic) bond motifs is 1. The van der Waals surface area contributed by atoms with Crippen LogP contribution in [0.2, 0.25) is 0 Å². The quantitative estimate of drug-likeness (QED) is 0.699. The van der Waals surface area contributed by atoms with E-state index in [1.165, 1.54) is 12.1 Å². The third-order valence-electron chi connectivity index (χ3n) is 3.32. The number of pyridine rings is 1. The van der Waals surface area contributed by atoms with E-state index < -0.39 is 11.7 Å². The van der Waals surface area contributed by atoms with Crippen LogP contribution in [-0.4, -0.2) is 16.6 Å². The maximum absolute atomic E-state index is 12.4. The summed E-state index contributed by atoms with van der Waals surface area (Å²) < 4.78 is 24.8. The molecule has 1 amide bonds. The van der Waals surface area contributed by atoms with Gasteiger partial charge in [0, 0.05) is 16.0 Å². The Hall–Kier alpha value is -2.67. The highest BCUT2D eigenvalue weighted by Gasteiger charge is 2.11. The van der Waals surface area contributed by atoms with E-state index in [4.69, 9.17) is 0 Å². The van der Waals surface area contributed by atoms with Crippen molar-refractivity contribution in [1.29, 1.82) is 0 Å². The van der Waals surface area contributed by atoms with Gasteiger partial charge in [0.1, 0.15) is 5.69 Å². The molecule has 1 heterocycles. The number of halogens is 2. The summed E-state index contributed by atoms with van der Waals surface area (Å²) in [5.74, 6) is -3.05. The van der Waals surface area contributed by atoms with Gasteiger partial charge in [-0.15, -0.1) is 0 Å². The van der Waals surface area contributed by atoms with Gasteiger partial charge in [-0.25, -0.2) is 0 Å². The molecular formula is C17H12F2N2O2S. The van der Waals surface area contributed by atoms with E-state index in [0.29, 0.717) is 33.1 Å². The van der Waals surface area contributed by atoms with Crippen LogP contribution in [0.3, 0.4) is 0 Å². The molecule has 0 saturated carbocycles. The Balaban J connectivity index is 1.86. The first-order chi connectivity index (χ1) is 11.5. The van der Waals surface area contributed by atoms with Gasteiger partial charge in [-0.05, 0) is 35.7 Å². The van der Waals surface area contributed by atoms with Gasteiger partial charge in [-0.3, -0.25) is 9.59 Å². The molecule has 7 heteroatoms. The zero-order valence-corrected chi connectivity index (χ0v) is 13.1. The Labute approximate surface area is 139 Å². The highest BCUT2D eigenvalue weighted by atomic mass is 32.2. The molecule has 0 aliphatic carbocycles.